The van der Waals surface area contributed by atoms with Gasteiger partial charge in [-0.2, -0.15) is 0 Å². The molecule has 220 valence electrons. The number of sulfonamides is 1. The number of rotatable bonds is 14. The molecule has 2 atom stereocenters. The number of ether oxygens (including phenoxy) is 1. The van der Waals surface area contributed by atoms with E-state index >= 15 is 0 Å². The Hall–Kier alpha value is -3.85. The molecule has 0 aliphatic carbocycles. The maximum absolute atomic E-state index is 14.1. The predicted molar refractivity (Wildman–Crippen MR) is 162 cm³/mol. The number of nitrogens with zero attached hydrogens (tertiary/aromatic N) is 2. The molecular formula is C32H41N3O5S. The van der Waals surface area contributed by atoms with Gasteiger partial charge in [-0.15, -0.1) is 0 Å². The lowest BCUT2D eigenvalue weighted by molar-refractivity contribution is -0.140. The topological polar surface area (TPSA) is 96.0 Å². The van der Waals surface area contributed by atoms with Gasteiger partial charge in [-0.1, -0.05) is 63.2 Å². The molecule has 0 saturated carbocycles. The van der Waals surface area contributed by atoms with Crippen LogP contribution in [0.4, 0.5) is 5.69 Å². The van der Waals surface area contributed by atoms with Gasteiger partial charge in [0.1, 0.15) is 18.3 Å². The minimum atomic E-state index is -4.09. The highest BCUT2D eigenvalue weighted by molar-refractivity contribution is 7.92. The molecule has 3 rings (SSSR count). The second-order valence-corrected chi connectivity index (χ2v) is 11.8. The zero-order valence-electron chi connectivity index (χ0n) is 24.5. The largest absolute Gasteiger partial charge is 0.497 e. The lowest BCUT2D eigenvalue weighted by Gasteiger charge is -2.33. The maximum Gasteiger partial charge on any atom is 0.264 e. The summed E-state index contributed by atoms with van der Waals surface area (Å²) < 4.78 is 34.2. The van der Waals surface area contributed by atoms with Crippen LogP contribution in [0.1, 0.15) is 51.7 Å². The number of benzene rings is 3. The molecule has 0 saturated heterocycles. The fourth-order valence-electron chi connectivity index (χ4n) is 4.43. The number of hydrogen-bond donors (Lipinski definition) is 1. The Morgan fingerprint density at radius 3 is 2.00 bits per heavy atom. The maximum atomic E-state index is 14.1. The van der Waals surface area contributed by atoms with Crippen molar-refractivity contribution in [2.24, 2.45) is 0 Å². The van der Waals surface area contributed by atoms with E-state index in [1.165, 1.54) is 17.0 Å². The van der Waals surface area contributed by atoms with Gasteiger partial charge in [0.15, 0.2) is 0 Å². The predicted octanol–water partition coefficient (Wildman–Crippen LogP) is 5.18. The van der Waals surface area contributed by atoms with E-state index in [1.807, 2.05) is 52.0 Å². The minimum absolute atomic E-state index is 0.0680. The second-order valence-electron chi connectivity index (χ2n) is 9.96. The number of hydrogen-bond acceptors (Lipinski definition) is 5. The highest BCUT2D eigenvalue weighted by Gasteiger charge is 2.34. The molecule has 0 aliphatic rings. The van der Waals surface area contributed by atoms with Gasteiger partial charge in [0, 0.05) is 12.6 Å². The van der Waals surface area contributed by atoms with Crippen molar-refractivity contribution >= 4 is 27.5 Å². The third-order valence-corrected chi connectivity index (χ3v) is 8.93. The van der Waals surface area contributed by atoms with E-state index in [2.05, 4.69) is 5.32 Å². The molecule has 3 aromatic rings. The zero-order valence-corrected chi connectivity index (χ0v) is 25.4. The van der Waals surface area contributed by atoms with Crippen molar-refractivity contribution in [3.8, 4) is 5.75 Å². The van der Waals surface area contributed by atoms with E-state index in [4.69, 9.17) is 4.74 Å². The Morgan fingerprint density at radius 1 is 0.854 bits per heavy atom. The molecule has 0 radical (unpaired) electrons. The smallest absolute Gasteiger partial charge is 0.264 e. The molecule has 0 aliphatic heterocycles. The fourth-order valence-corrected chi connectivity index (χ4v) is 5.87. The zero-order chi connectivity index (χ0) is 30.0. The van der Waals surface area contributed by atoms with Gasteiger partial charge in [-0.25, -0.2) is 8.42 Å². The first kappa shape index (κ1) is 31.7. The summed E-state index contributed by atoms with van der Waals surface area (Å²) in [6.45, 7) is 7.41. The average molecular weight is 580 g/mol. The van der Waals surface area contributed by atoms with Gasteiger partial charge in [-0.05, 0) is 73.7 Å². The molecule has 0 spiro atoms. The van der Waals surface area contributed by atoms with Gasteiger partial charge in [0.05, 0.1) is 17.7 Å². The Kier molecular flexibility index (Phi) is 11.3. The first-order valence-corrected chi connectivity index (χ1v) is 15.5. The standard InChI is InChI=1S/C32H41N3O5S/c1-6-24(4)33-32(37)30(8-3)34(22-26-16-20-28(40-5)21-17-26)31(36)23-35(27-18-14-25(7-2)15-19-27)41(38,39)29-12-10-9-11-13-29/h9-21,24,30H,6-8,22-23H2,1-5H3,(H,33,37). The van der Waals surface area contributed by atoms with Crippen LogP contribution >= 0.6 is 0 Å². The number of carbonyl (C=O) groups excluding carboxylic acids is 2. The number of methoxy groups -OCH3 is 1. The first-order chi connectivity index (χ1) is 19.6. The summed E-state index contributed by atoms with van der Waals surface area (Å²) in [7, 11) is -2.52. The van der Waals surface area contributed by atoms with Gasteiger partial charge < -0.3 is 15.0 Å². The molecule has 0 bridgehead atoms. The van der Waals surface area contributed by atoms with Crippen molar-refractivity contribution in [3.05, 3.63) is 90.0 Å². The minimum Gasteiger partial charge on any atom is -0.497 e. The quantitative estimate of drug-likeness (QED) is 0.284. The molecule has 2 unspecified atom stereocenters. The summed E-state index contributed by atoms with van der Waals surface area (Å²) in [5.41, 5.74) is 2.21. The Balaban J connectivity index is 2.04. The molecule has 41 heavy (non-hydrogen) atoms. The van der Waals surface area contributed by atoms with Crippen LogP contribution in [-0.4, -0.2) is 50.9 Å². The fraction of sp³-hybridized carbons (Fsp3) is 0.375. The SMILES string of the molecule is CCc1ccc(N(CC(=O)N(Cc2ccc(OC)cc2)C(CC)C(=O)NC(C)CC)S(=O)(=O)c2ccccc2)cc1. The van der Waals surface area contributed by atoms with Crippen LogP contribution in [0.3, 0.4) is 0 Å². The van der Waals surface area contributed by atoms with Crippen LogP contribution in [0, 0.1) is 0 Å². The molecule has 0 heterocycles. The van der Waals surface area contributed by atoms with Gasteiger partial charge in [0.2, 0.25) is 11.8 Å². The average Bonchev–Trinajstić information content (AvgIpc) is 3.00. The van der Waals surface area contributed by atoms with E-state index in [0.717, 1.165) is 28.3 Å². The summed E-state index contributed by atoms with van der Waals surface area (Å²) in [6, 6.07) is 21.6. The van der Waals surface area contributed by atoms with Crippen LogP contribution in [0.5, 0.6) is 5.75 Å². The molecule has 3 aromatic carbocycles. The van der Waals surface area contributed by atoms with Crippen LogP contribution in [-0.2, 0) is 32.6 Å². The number of amides is 2. The van der Waals surface area contributed by atoms with Gasteiger partial charge in [-0.3, -0.25) is 13.9 Å². The normalized spacial score (nSPS) is 12.7. The first-order valence-electron chi connectivity index (χ1n) is 14.0. The van der Waals surface area contributed by atoms with E-state index in [9.17, 15) is 18.0 Å². The lowest BCUT2D eigenvalue weighted by atomic mass is 10.1. The molecule has 0 fully saturated rings. The second kappa shape index (κ2) is 14.7. The van der Waals surface area contributed by atoms with E-state index in [-0.39, 0.29) is 23.4 Å². The van der Waals surface area contributed by atoms with Crippen molar-refractivity contribution in [2.75, 3.05) is 18.0 Å². The number of nitrogens with one attached hydrogen (secondary N) is 1. The molecule has 2 amide bonds. The number of anilines is 1. The van der Waals surface area contributed by atoms with Crippen molar-refractivity contribution in [1.82, 2.24) is 10.2 Å². The highest BCUT2D eigenvalue weighted by Crippen LogP contribution is 2.25. The summed E-state index contributed by atoms with van der Waals surface area (Å²) in [5.74, 6) is -0.0802. The third kappa shape index (κ3) is 8.10. The number of carbonyl (C=O) groups is 2. The van der Waals surface area contributed by atoms with E-state index in [0.29, 0.717) is 17.9 Å². The summed E-state index contributed by atoms with van der Waals surface area (Å²) in [6.07, 6.45) is 1.90. The third-order valence-electron chi connectivity index (χ3n) is 7.14. The molecular weight excluding hydrogens is 538 g/mol. The van der Waals surface area contributed by atoms with Crippen molar-refractivity contribution < 1.29 is 22.7 Å². The van der Waals surface area contributed by atoms with Crippen molar-refractivity contribution in [3.63, 3.8) is 0 Å². The van der Waals surface area contributed by atoms with Crippen molar-refractivity contribution in [2.45, 2.75) is 70.5 Å². The monoisotopic (exact) mass is 579 g/mol. The van der Waals surface area contributed by atoms with Crippen LogP contribution in [0.25, 0.3) is 0 Å². The number of aryl methyl sites for hydroxylation is 1. The molecule has 1 N–H and O–H groups in total. The highest BCUT2D eigenvalue weighted by atomic mass is 32.2. The summed E-state index contributed by atoms with van der Waals surface area (Å²) >= 11 is 0. The van der Waals surface area contributed by atoms with E-state index < -0.39 is 28.5 Å². The van der Waals surface area contributed by atoms with Crippen LogP contribution in [0.2, 0.25) is 0 Å². The molecule has 0 aromatic heterocycles. The van der Waals surface area contributed by atoms with Gasteiger partial charge in [0.25, 0.3) is 10.0 Å². The Morgan fingerprint density at radius 2 is 1.46 bits per heavy atom. The summed E-state index contributed by atoms with van der Waals surface area (Å²) in [4.78, 5) is 29.1. The lowest BCUT2D eigenvalue weighted by Crippen LogP contribution is -2.53. The summed E-state index contributed by atoms with van der Waals surface area (Å²) in [5, 5.41) is 2.99. The molecule has 9 heteroatoms. The van der Waals surface area contributed by atoms with Gasteiger partial charge >= 0.3 is 0 Å². The van der Waals surface area contributed by atoms with Crippen molar-refractivity contribution in [1.29, 1.82) is 0 Å². The Bertz CT molecular complexity index is 1380. The van der Waals surface area contributed by atoms with E-state index in [1.54, 1.807) is 49.6 Å². The molecule has 8 nitrogen and oxygen atoms in total. The van der Waals surface area contributed by atoms with Crippen LogP contribution < -0.4 is 14.4 Å². The Labute approximate surface area is 244 Å². The van der Waals surface area contributed by atoms with Crippen LogP contribution in [0.15, 0.2) is 83.8 Å².